The van der Waals surface area contributed by atoms with Crippen molar-refractivity contribution in [2.24, 2.45) is 0 Å². The number of nitrogens with one attached hydrogen (secondary N) is 1. The molecule has 4 heterocycles. The molecule has 5 aromatic rings. The van der Waals surface area contributed by atoms with Crippen LogP contribution < -0.4 is 9.47 Å². The molecule has 4 aromatic heterocycles. The smallest absolute Gasteiger partial charge is 0.434 e. The summed E-state index contributed by atoms with van der Waals surface area (Å²) >= 11 is 0. The van der Waals surface area contributed by atoms with Crippen LogP contribution >= 0.6 is 0 Å². The van der Waals surface area contributed by atoms with Gasteiger partial charge in [-0.1, -0.05) is 24.3 Å². The van der Waals surface area contributed by atoms with E-state index in [4.69, 9.17) is 14.5 Å². The number of imidazole rings is 2. The van der Waals surface area contributed by atoms with Gasteiger partial charge in [-0.3, -0.25) is 0 Å². The Morgan fingerprint density at radius 2 is 1.73 bits per heavy atom. The fourth-order valence-electron chi connectivity index (χ4n) is 4.69. The zero-order valence-electron chi connectivity index (χ0n) is 22.8. The lowest BCUT2D eigenvalue weighted by molar-refractivity contribution is -0.140. The quantitative estimate of drug-likeness (QED) is 0.233. The van der Waals surface area contributed by atoms with Gasteiger partial charge in [-0.05, 0) is 39.2 Å². The average Bonchev–Trinajstić information content (AvgIpc) is 3.49. The first kappa shape index (κ1) is 26.7. The first-order valence-electron chi connectivity index (χ1n) is 13.2. The van der Waals surface area contributed by atoms with Gasteiger partial charge in [0.15, 0.2) is 17.2 Å². The van der Waals surface area contributed by atoms with Crippen LogP contribution in [0.25, 0.3) is 33.9 Å². The molecule has 0 amide bonds. The van der Waals surface area contributed by atoms with Crippen LogP contribution in [0.15, 0.2) is 43.1 Å². The molecular formula is C28H27F3N8O2. The number of aromatic amines is 1. The normalized spacial score (nSPS) is 14.5. The minimum atomic E-state index is -4.53. The highest BCUT2D eigenvalue weighted by Gasteiger charge is 2.35. The van der Waals surface area contributed by atoms with E-state index in [2.05, 4.69) is 29.9 Å². The number of hydrogen-bond donors (Lipinski definition) is 1. The predicted octanol–water partition coefficient (Wildman–Crippen LogP) is 6.30. The third kappa shape index (κ3) is 5.07. The molecule has 1 N–H and O–H groups in total. The molecule has 1 saturated carbocycles. The van der Waals surface area contributed by atoms with Crippen molar-refractivity contribution in [1.29, 1.82) is 0 Å². The third-order valence-corrected chi connectivity index (χ3v) is 6.98. The van der Waals surface area contributed by atoms with Gasteiger partial charge in [0.25, 0.3) is 0 Å². The van der Waals surface area contributed by atoms with E-state index in [1.165, 1.54) is 24.3 Å². The molecule has 0 saturated heterocycles. The van der Waals surface area contributed by atoms with Crippen LogP contribution in [-0.4, -0.2) is 46.6 Å². The Balaban J connectivity index is 1.32. The average molecular weight is 565 g/mol. The Labute approximate surface area is 233 Å². The van der Waals surface area contributed by atoms with E-state index in [-0.39, 0.29) is 17.7 Å². The van der Waals surface area contributed by atoms with Crippen LogP contribution in [0.5, 0.6) is 11.8 Å². The number of H-pyrrole nitrogens is 1. The van der Waals surface area contributed by atoms with Crippen LogP contribution in [0.4, 0.5) is 13.2 Å². The Morgan fingerprint density at radius 1 is 0.976 bits per heavy atom. The molecule has 6 rings (SSSR count). The number of rotatable bonds is 8. The lowest BCUT2D eigenvalue weighted by Crippen LogP contribution is -2.08. The molecule has 10 nitrogen and oxygen atoms in total. The first-order valence-corrected chi connectivity index (χ1v) is 13.2. The zero-order valence-corrected chi connectivity index (χ0v) is 22.8. The minimum absolute atomic E-state index is 0.201. The maximum Gasteiger partial charge on any atom is 0.434 e. The van der Waals surface area contributed by atoms with E-state index in [0.29, 0.717) is 39.9 Å². The highest BCUT2D eigenvalue weighted by Crippen LogP contribution is 2.45. The van der Waals surface area contributed by atoms with Crippen LogP contribution in [0.3, 0.4) is 0 Å². The summed E-state index contributed by atoms with van der Waals surface area (Å²) in [6, 6.07) is 6.88. The lowest BCUT2D eigenvalue weighted by Gasteiger charge is -2.17. The second-order valence-electron chi connectivity index (χ2n) is 10.2. The number of alkyl halides is 3. The third-order valence-electron chi connectivity index (χ3n) is 6.98. The van der Waals surface area contributed by atoms with Gasteiger partial charge >= 0.3 is 6.18 Å². The summed E-state index contributed by atoms with van der Waals surface area (Å²) < 4.78 is 53.4. The fourth-order valence-corrected chi connectivity index (χ4v) is 4.69. The van der Waals surface area contributed by atoms with E-state index in [9.17, 15) is 13.2 Å². The van der Waals surface area contributed by atoms with Crippen molar-refractivity contribution in [2.75, 3.05) is 7.11 Å². The summed E-state index contributed by atoms with van der Waals surface area (Å²) in [5, 5.41) is 0. The Morgan fingerprint density at radius 3 is 2.39 bits per heavy atom. The molecule has 1 atom stereocenters. The maximum absolute atomic E-state index is 13.3. The second-order valence-corrected chi connectivity index (χ2v) is 10.2. The summed E-state index contributed by atoms with van der Waals surface area (Å²) in [6.45, 7) is 5.48. The molecular weight excluding hydrogens is 537 g/mol. The number of fused-ring (bicyclic) bond motifs is 1. The molecule has 1 aliphatic carbocycles. The summed E-state index contributed by atoms with van der Waals surface area (Å²) in [4.78, 5) is 29.3. The molecule has 1 unspecified atom stereocenters. The predicted molar refractivity (Wildman–Crippen MR) is 143 cm³/mol. The Hall–Kier alpha value is -4.55. The second kappa shape index (κ2) is 10.1. The van der Waals surface area contributed by atoms with E-state index < -0.39 is 18.0 Å². The topological polar surface area (TPSA) is 117 Å². The van der Waals surface area contributed by atoms with Crippen molar-refractivity contribution in [3.8, 4) is 34.5 Å². The van der Waals surface area contributed by atoms with Crippen molar-refractivity contribution in [3.63, 3.8) is 0 Å². The number of hydrogen-bond acceptors (Lipinski definition) is 8. The van der Waals surface area contributed by atoms with Gasteiger partial charge in [-0.2, -0.15) is 18.2 Å². The van der Waals surface area contributed by atoms with Crippen LogP contribution in [0, 0.1) is 0 Å². The number of aromatic nitrogens is 8. The van der Waals surface area contributed by atoms with Crippen LogP contribution in [0.2, 0.25) is 0 Å². The van der Waals surface area contributed by atoms with Gasteiger partial charge in [0, 0.05) is 23.7 Å². The molecule has 0 aliphatic heterocycles. The molecule has 1 fully saturated rings. The van der Waals surface area contributed by atoms with Gasteiger partial charge in [0.05, 0.1) is 19.1 Å². The first-order chi connectivity index (χ1) is 19.6. The summed E-state index contributed by atoms with van der Waals surface area (Å²) in [6.07, 6.45) is 1.08. The largest absolute Gasteiger partial charge is 0.480 e. The maximum atomic E-state index is 13.3. The van der Waals surface area contributed by atoms with Gasteiger partial charge < -0.3 is 19.0 Å². The van der Waals surface area contributed by atoms with Crippen molar-refractivity contribution in [3.05, 3.63) is 60.1 Å². The van der Waals surface area contributed by atoms with Crippen LogP contribution in [-0.2, 0) is 6.18 Å². The summed E-state index contributed by atoms with van der Waals surface area (Å²) in [7, 11) is 1.54. The fraction of sp³-hybridized carbons (Fsp3) is 0.357. The molecule has 212 valence electrons. The standard InChI is InChI=1S/C28H27F3N8O2/c1-14(2)39-11-19(28(29,30)31)36-25(39)18-9-5-16(6-10-18)15(3)41-27-22-24(34-12-33-22)37-23(38-27)20-21(17-7-8-17)32-13-35-26(20)40-4/h5-6,9-15,17H,7-8H2,1-4H3,(H,33,34,37,38). The number of benzene rings is 1. The molecule has 1 aliphatic rings. The van der Waals surface area contributed by atoms with E-state index in [0.717, 1.165) is 30.3 Å². The monoisotopic (exact) mass is 564 g/mol. The molecule has 0 radical (unpaired) electrons. The lowest BCUT2D eigenvalue weighted by atomic mass is 10.1. The zero-order chi connectivity index (χ0) is 28.9. The number of halogens is 3. The SMILES string of the molecule is COc1ncnc(C2CC2)c1-c1nc(OC(C)c2ccc(-c3nc(C(F)(F)F)cn3C(C)C)cc2)c2[nH]cnc2n1. The molecule has 41 heavy (non-hydrogen) atoms. The molecule has 13 heteroatoms. The van der Waals surface area contributed by atoms with Crippen LogP contribution in [0.1, 0.15) is 68.6 Å². The van der Waals surface area contributed by atoms with Crippen molar-refractivity contribution in [2.45, 2.75) is 57.9 Å². The highest BCUT2D eigenvalue weighted by molar-refractivity contribution is 5.79. The van der Waals surface area contributed by atoms with Gasteiger partial charge in [0.2, 0.25) is 11.8 Å². The number of nitrogens with zero attached hydrogens (tertiary/aromatic N) is 7. The van der Waals surface area contributed by atoms with E-state index >= 15 is 0 Å². The Bertz CT molecular complexity index is 1710. The summed E-state index contributed by atoms with van der Waals surface area (Å²) in [5.74, 6) is 1.55. The number of ether oxygens (including phenoxy) is 2. The molecule has 0 spiro atoms. The van der Waals surface area contributed by atoms with Crippen molar-refractivity contribution < 1.29 is 22.6 Å². The minimum Gasteiger partial charge on any atom is -0.480 e. The number of methoxy groups -OCH3 is 1. The van der Waals surface area contributed by atoms with Gasteiger partial charge in [-0.25, -0.2) is 24.9 Å². The van der Waals surface area contributed by atoms with E-state index in [1.807, 2.05) is 20.8 Å². The van der Waals surface area contributed by atoms with Crippen molar-refractivity contribution >= 4 is 11.2 Å². The van der Waals surface area contributed by atoms with Crippen molar-refractivity contribution in [1.82, 2.24) is 39.5 Å². The van der Waals surface area contributed by atoms with Gasteiger partial charge in [0.1, 0.15) is 29.3 Å². The van der Waals surface area contributed by atoms with Gasteiger partial charge in [-0.15, -0.1) is 0 Å². The Kier molecular flexibility index (Phi) is 6.59. The molecule has 1 aromatic carbocycles. The molecule has 0 bridgehead atoms. The van der Waals surface area contributed by atoms with E-state index in [1.54, 1.807) is 24.3 Å². The summed E-state index contributed by atoms with van der Waals surface area (Å²) in [5.41, 5.74) is 2.82. The highest BCUT2D eigenvalue weighted by atomic mass is 19.4.